The number of hydrogen-bond acceptors (Lipinski definition) is 4. The van der Waals surface area contributed by atoms with Gasteiger partial charge in [0.15, 0.2) is 0 Å². The number of halogens is 2. The van der Waals surface area contributed by atoms with Gasteiger partial charge in [0, 0.05) is 6.04 Å². The molecule has 8 heteroatoms. The number of benzene rings is 1. The Balaban J connectivity index is 2.55. The Kier molecular flexibility index (Phi) is 7.40. The zero-order valence-electron chi connectivity index (χ0n) is 13.3. The van der Waals surface area contributed by atoms with E-state index in [4.69, 9.17) is 0 Å². The minimum absolute atomic E-state index is 0.0168. The summed E-state index contributed by atoms with van der Waals surface area (Å²) in [5, 5.41) is 5.20. The number of alkyl halides is 2. The first-order valence-electron chi connectivity index (χ1n) is 7.09. The molecule has 0 aliphatic heterocycles. The summed E-state index contributed by atoms with van der Waals surface area (Å²) < 4.78 is 28.9. The van der Waals surface area contributed by atoms with Crippen molar-refractivity contribution in [1.29, 1.82) is 0 Å². The fourth-order valence-corrected chi connectivity index (χ4v) is 1.87. The first-order valence-corrected chi connectivity index (χ1v) is 7.09. The van der Waals surface area contributed by atoms with Gasteiger partial charge in [-0.1, -0.05) is 12.1 Å². The predicted molar refractivity (Wildman–Crippen MR) is 82.5 cm³/mol. The number of ether oxygens (including phenoxy) is 1. The maximum absolute atomic E-state index is 12.3. The van der Waals surface area contributed by atoms with Crippen LogP contribution < -0.4 is 15.4 Å². The van der Waals surface area contributed by atoms with Gasteiger partial charge in [-0.2, -0.15) is 8.78 Å². The van der Waals surface area contributed by atoms with Gasteiger partial charge in [-0.05, 0) is 33.0 Å². The molecule has 0 saturated carbocycles. The van der Waals surface area contributed by atoms with Gasteiger partial charge in [-0.15, -0.1) is 0 Å². The van der Waals surface area contributed by atoms with Crippen LogP contribution in [0.4, 0.5) is 14.5 Å². The summed E-state index contributed by atoms with van der Waals surface area (Å²) in [5.41, 5.74) is 0.151. The second-order valence-electron chi connectivity index (χ2n) is 5.32. The molecule has 0 aromatic heterocycles. The monoisotopic (exact) mass is 329 g/mol. The molecular weight excluding hydrogens is 308 g/mol. The molecule has 6 nitrogen and oxygen atoms in total. The predicted octanol–water partition coefficient (Wildman–Crippen LogP) is 1.68. The Morgan fingerprint density at radius 1 is 1.17 bits per heavy atom. The highest BCUT2D eigenvalue weighted by Gasteiger charge is 2.14. The molecule has 128 valence electrons. The Bertz CT molecular complexity index is 538. The van der Waals surface area contributed by atoms with E-state index in [9.17, 15) is 18.4 Å². The van der Waals surface area contributed by atoms with Crippen LogP contribution in [0.5, 0.6) is 5.75 Å². The van der Waals surface area contributed by atoms with Gasteiger partial charge < -0.3 is 15.4 Å². The summed E-state index contributed by atoms with van der Waals surface area (Å²) in [6.07, 6.45) is 0. The average molecular weight is 329 g/mol. The summed E-state index contributed by atoms with van der Waals surface area (Å²) in [4.78, 5) is 25.0. The number of para-hydroxylation sites is 2. The zero-order chi connectivity index (χ0) is 17.4. The molecule has 0 atom stereocenters. The number of carbonyl (C=O) groups is 2. The average Bonchev–Trinajstić information content (AvgIpc) is 2.38. The lowest BCUT2D eigenvalue weighted by atomic mass is 10.3. The first kappa shape index (κ1) is 18.8. The van der Waals surface area contributed by atoms with Crippen molar-refractivity contribution in [3.05, 3.63) is 24.3 Å². The standard InChI is InChI=1S/C15H21F2N3O3/c1-10(2)18-13(21)8-20(3)9-14(22)19-11-6-4-5-7-12(11)23-15(16)17/h4-7,10,15H,8-9H2,1-3H3,(H,18,21)(H,19,22). The van der Waals surface area contributed by atoms with Crippen LogP contribution in [0, 0.1) is 0 Å². The van der Waals surface area contributed by atoms with E-state index in [2.05, 4.69) is 15.4 Å². The van der Waals surface area contributed by atoms with Gasteiger partial charge in [-0.3, -0.25) is 14.5 Å². The van der Waals surface area contributed by atoms with Crippen LogP contribution in [0.25, 0.3) is 0 Å². The molecule has 2 amide bonds. The number of nitrogens with one attached hydrogen (secondary N) is 2. The highest BCUT2D eigenvalue weighted by atomic mass is 19.3. The quantitative estimate of drug-likeness (QED) is 0.761. The van der Waals surface area contributed by atoms with E-state index in [1.165, 1.54) is 23.1 Å². The molecule has 1 rings (SSSR count). The van der Waals surface area contributed by atoms with Gasteiger partial charge in [0.1, 0.15) is 5.75 Å². The lowest BCUT2D eigenvalue weighted by Gasteiger charge is -2.18. The number of carbonyl (C=O) groups excluding carboxylic acids is 2. The summed E-state index contributed by atoms with van der Waals surface area (Å²) in [5.74, 6) is -0.747. The van der Waals surface area contributed by atoms with Crippen molar-refractivity contribution in [2.24, 2.45) is 0 Å². The van der Waals surface area contributed by atoms with E-state index in [0.717, 1.165) is 0 Å². The number of hydrogen-bond donors (Lipinski definition) is 2. The van der Waals surface area contributed by atoms with Crippen molar-refractivity contribution in [3.63, 3.8) is 0 Å². The van der Waals surface area contributed by atoms with Gasteiger partial charge in [0.2, 0.25) is 11.8 Å². The van der Waals surface area contributed by atoms with Crippen molar-refractivity contribution < 1.29 is 23.1 Å². The molecule has 0 heterocycles. The Morgan fingerprint density at radius 3 is 2.39 bits per heavy atom. The van der Waals surface area contributed by atoms with E-state index in [1.807, 2.05) is 13.8 Å². The third-order valence-corrected chi connectivity index (χ3v) is 2.65. The fourth-order valence-electron chi connectivity index (χ4n) is 1.87. The molecule has 1 aromatic rings. The van der Waals surface area contributed by atoms with Crippen molar-refractivity contribution in [1.82, 2.24) is 10.2 Å². The topological polar surface area (TPSA) is 70.7 Å². The van der Waals surface area contributed by atoms with Crippen molar-refractivity contribution in [2.75, 3.05) is 25.5 Å². The second-order valence-corrected chi connectivity index (χ2v) is 5.32. The molecule has 0 aliphatic carbocycles. The van der Waals surface area contributed by atoms with Gasteiger partial charge in [0.25, 0.3) is 0 Å². The smallest absolute Gasteiger partial charge is 0.387 e. The van der Waals surface area contributed by atoms with Crippen LogP contribution in [-0.2, 0) is 9.59 Å². The van der Waals surface area contributed by atoms with Crippen molar-refractivity contribution in [3.8, 4) is 5.75 Å². The van der Waals surface area contributed by atoms with Crippen LogP contribution in [0.15, 0.2) is 24.3 Å². The maximum atomic E-state index is 12.3. The molecule has 2 N–H and O–H groups in total. The Morgan fingerprint density at radius 2 is 1.78 bits per heavy atom. The summed E-state index contributed by atoms with van der Waals surface area (Å²) in [6.45, 7) is 0.695. The number of rotatable bonds is 8. The summed E-state index contributed by atoms with van der Waals surface area (Å²) in [7, 11) is 1.61. The molecule has 0 unspecified atom stereocenters. The normalized spacial score (nSPS) is 11.0. The molecular formula is C15H21F2N3O3. The molecule has 0 saturated heterocycles. The van der Waals surface area contributed by atoms with Crippen LogP contribution in [0.3, 0.4) is 0 Å². The fraction of sp³-hybridized carbons (Fsp3) is 0.467. The van der Waals surface area contributed by atoms with Crippen LogP contribution in [-0.4, -0.2) is 49.5 Å². The van der Waals surface area contributed by atoms with Crippen molar-refractivity contribution >= 4 is 17.5 Å². The van der Waals surface area contributed by atoms with E-state index in [1.54, 1.807) is 13.1 Å². The summed E-state index contributed by atoms with van der Waals surface area (Å²) >= 11 is 0. The number of amides is 2. The zero-order valence-corrected chi connectivity index (χ0v) is 13.3. The molecule has 0 aliphatic rings. The van der Waals surface area contributed by atoms with E-state index < -0.39 is 12.5 Å². The molecule has 0 radical (unpaired) electrons. The lowest BCUT2D eigenvalue weighted by molar-refractivity contribution is -0.123. The minimum Gasteiger partial charge on any atom is -0.433 e. The van der Waals surface area contributed by atoms with E-state index >= 15 is 0 Å². The maximum Gasteiger partial charge on any atom is 0.387 e. The van der Waals surface area contributed by atoms with Gasteiger partial charge in [0.05, 0.1) is 18.8 Å². The largest absolute Gasteiger partial charge is 0.433 e. The summed E-state index contributed by atoms with van der Waals surface area (Å²) in [6, 6.07) is 5.93. The number of nitrogens with zero attached hydrogens (tertiary/aromatic N) is 1. The van der Waals surface area contributed by atoms with E-state index in [0.29, 0.717) is 0 Å². The van der Waals surface area contributed by atoms with E-state index in [-0.39, 0.29) is 36.5 Å². The van der Waals surface area contributed by atoms with Crippen LogP contribution >= 0.6 is 0 Å². The Hall–Kier alpha value is -2.22. The molecule has 0 fully saturated rings. The minimum atomic E-state index is -2.98. The third kappa shape index (κ3) is 7.55. The highest BCUT2D eigenvalue weighted by Crippen LogP contribution is 2.25. The van der Waals surface area contributed by atoms with Crippen LogP contribution in [0.1, 0.15) is 13.8 Å². The van der Waals surface area contributed by atoms with Crippen LogP contribution in [0.2, 0.25) is 0 Å². The second kappa shape index (κ2) is 9.04. The van der Waals surface area contributed by atoms with Crippen molar-refractivity contribution in [2.45, 2.75) is 26.5 Å². The molecule has 0 bridgehead atoms. The van der Waals surface area contributed by atoms with Gasteiger partial charge in [-0.25, -0.2) is 0 Å². The first-order chi connectivity index (χ1) is 10.8. The molecule has 1 aromatic carbocycles. The SMILES string of the molecule is CC(C)NC(=O)CN(C)CC(=O)Nc1ccccc1OC(F)F. The highest BCUT2D eigenvalue weighted by molar-refractivity contribution is 5.94. The third-order valence-electron chi connectivity index (χ3n) is 2.65. The lowest BCUT2D eigenvalue weighted by Crippen LogP contribution is -2.41. The number of anilines is 1. The molecule has 23 heavy (non-hydrogen) atoms. The Labute approximate surface area is 133 Å². The van der Waals surface area contributed by atoms with Gasteiger partial charge >= 0.3 is 6.61 Å². The molecule has 0 spiro atoms. The number of likely N-dealkylation sites (N-methyl/N-ethyl adjacent to an activating group) is 1.